The first-order valence-electron chi connectivity index (χ1n) is 7.57. The second-order valence-corrected chi connectivity index (χ2v) is 5.33. The lowest BCUT2D eigenvalue weighted by Crippen LogP contribution is -2.43. The van der Waals surface area contributed by atoms with Gasteiger partial charge in [-0.15, -0.1) is 0 Å². The Hall–Kier alpha value is -2.22. The predicted octanol–water partition coefficient (Wildman–Crippen LogP) is 2.09. The van der Waals surface area contributed by atoms with Crippen molar-refractivity contribution in [2.75, 3.05) is 13.6 Å². The van der Waals surface area contributed by atoms with Crippen molar-refractivity contribution in [2.24, 2.45) is 0 Å². The summed E-state index contributed by atoms with van der Waals surface area (Å²) in [5, 5.41) is 11.7. The maximum Gasteiger partial charge on any atom is 0.387 e. The molecule has 1 amide bonds. The lowest BCUT2D eigenvalue weighted by molar-refractivity contribution is -0.140. The highest BCUT2D eigenvalue weighted by Crippen LogP contribution is 2.15. The number of carboxylic acid groups (broad SMARTS) is 1. The molecule has 1 aromatic carbocycles. The van der Waals surface area contributed by atoms with Crippen molar-refractivity contribution < 1.29 is 28.2 Å². The quantitative estimate of drug-likeness (QED) is 0.679. The van der Waals surface area contributed by atoms with Crippen LogP contribution in [0.5, 0.6) is 5.75 Å². The number of hydrogen-bond acceptors (Lipinski definition) is 4. The highest BCUT2D eigenvalue weighted by atomic mass is 19.3. The molecule has 1 unspecified atom stereocenters. The monoisotopic (exact) mass is 344 g/mol. The number of carbonyl (C=O) groups excluding carboxylic acids is 1. The minimum atomic E-state index is -2.88. The van der Waals surface area contributed by atoms with Crippen molar-refractivity contribution in [3.8, 4) is 5.75 Å². The number of ether oxygens (including phenoxy) is 1. The number of benzene rings is 1. The number of carboxylic acids is 1. The molecule has 6 nitrogen and oxygen atoms in total. The van der Waals surface area contributed by atoms with Crippen LogP contribution >= 0.6 is 0 Å². The number of alkyl halides is 2. The Morgan fingerprint density at radius 2 is 1.92 bits per heavy atom. The zero-order valence-corrected chi connectivity index (χ0v) is 13.7. The van der Waals surface area contributed by atoms with Gasteiger partial charge in [0.15, 0.2) is 0 Å². The molecule has 1 aromatic rings. The molecule has 0 saturated heterocycles. The molecule has 0 fully saturated rings. The van der Waals surface area contributed by atoms with E-state index in [0.717, 1.165) is 5.56 Å². The topological polar surface area (TPSA) is 78.9 Å². The standard InChI is InChI=1S/C16H22F2N2O4/c1-3-4-13(15(22)23)19-9-14(21)20(2)10-11-5-7-12(8-6-11)24-16(17)18/h5-8,13,16,19H,3-4,9-10H2,1-2H3,(H,22,23). The fraction of sp³-hybridized carbons (Fsp3) is 0.500. The molecule has 2 N–H and O–H groups in total. The lowest BCUT2D eigenvalue weighted by atomic mass is 10.1. The zero-order chi connectivity index (χ0) is 18.1. The summed E-state index contributed by atoms with van der Waals surface area (Å²) in [5.41, 5.74) is 0.746. The number of rotatable bonds is 10. The number of nitrogens with zero attached hydrogens (tertiary/aromatic N) is 1. The van der Waals surface area contributed by atoms with Crippen LogP contribution in [0, 0.1) is 0 Å². The van der Waals surface area contributed by atoms with Gasteiger partial charge < -0.3 is 14.7 Å². The number of likely N-dealkylation sites (N-methyl/N-ethyl adjacent to an activating group) is 1. The molecular formula is C16H22F2N2O4. The van der Waals surface area contributed by atoms with Gasteiger partial charge in [-0.25, -0.2) is 0 Å². The van der Waals surface area contributed by atoms with E-state index in [1.807, 2.05) is 6.92 Å². The number of carbonyl (C=O) groups is 2. The second-order valence-electron chi connectivity index (χ2n) is 5.33. The van der Waals surface area contributed by atoms with Crippen LogP contribution in [0.4, 0.5) is 8.78 Å². The van der Waals surface area contributed by atoms with Crippen molar-refractivity contribution in [1.29, 1.82) is 0 Å². The Labute approximate surface area is 139 Å². The third-order valence-corrected chi connectivity index (χ3v) is 3.37. The summed E-state index contributed by atoms with van der Waals surface area (Å²) in [6.45, 7) is -0.815. The lowest BCUT2D eigenvalue weighted by Gasteiger charge is -2.19. The number of halogens is 2. The van der Waals surface area contributed by atoms with Crippen LogP contribution in [0.15, 0.2) is 24.3 Å². The maximum atomic E-state index is 12.1. The van der Waals surface area contributed by atoms with Crippen LogP contribution in [0.2, 0.25) is 0 Å². The first-order valence-corrected chi connectivity index (χ1v) is 7.57. The fourth-order valence-electron chi connectivity index (χ4n) is 2.09. The van der Waals surface area contributed by atoms with E-state index in [1.165, 1.54) is 17.0 Å². The molecule has 0 bridgehead atoms. The Kier molecular flexibility index (Phi) is 8.11. The fourth-order valence-corrected chi connectivity index (χ4v) is 2.09. The Morgan fingerprint density at radius 1 is 1.29 bits per heavy atom. The Morgan fingerprint density at radius 3 is 2.42 bits per heavy atom. The van der Waals surface area contributed by atoms with Gasteiger partial charge in [0.25, 0.3) is 0 Å². The van der Waals surface area contributed by atoms with Gasteiger partial charge in [0.05, 0.1) is 6.54 Å². The van der Waals surface area contributed by atoms with Crippen molar-refractivity contribution in [3.05, 3.63) is 29.8 Å². The minimum absolute atomic E-state index is 0.0493. The summed E-state index contributed by atoms with van der Waals surface area (Å²) in [6, 6.07) is 5.23. The van der Waals surface area contributed by atoms with Gasteiger partial charge in [0, 0.05) is 13.6 Å². The zero-order valence-electron chi connectivity index (χ0n) is 13.7. The van der Waals surface area contributed by atoms with E-state index in [1.54, 1.807) is 19.2 Å². The van der Waals surface area contributed by atoms with Crippen molar-refractivity contribution in [1.82, 2.24) is 10.2 Å². The van der Waals surface area contributed by atoms with Gasteiger partial charge >= 0.3 is 12.6 Å². The van der Waals surface area contributed by atoms with Crippen molar-refractivity contribution in [3.63, 3.8) is 0 Å². The Bertz CT molecular complexity index is 537. The minimum Gasteiger partial charge on any atom is -0.480 e. The number of amides is 1. The third kappa shape index (κ3) is 6.91. The molecule has 1 rings (SSSR count). The average molecular weight is 344 g/mol. The number of hydrogen-bond donors (Lipinski definition) is 2. The molecule has 0 aliphatic carbocycles. The van der Waals surface area contributed by atoms with E-state index in [4.69, 9.17) is 5.11 Å². The highest BCUT2D eigenvalue weighted by Gasteiger charge is 2.18. The Balaban J connectivity index is 2.50. The average Bonchev–Trinajstić information content (AvgIpc) is 2.52. The van der Waals surface area contributed by atoms with Gasteiger partial charge in [0.1, 0.15) is 11.8 Å². The second kappa shape index (κ2) is 9.82. The van der Waals surface area contributed by atoms with Gasteiger partial charge in [-0.1, -0.05) is 25.5 Å². The van der Waals surface area contributed by atoms with E-state index in [0.29, 0.717) is 12.8 Å². The molecular weight excluding hydrogens is 322 g/mol. The predicted molar refractivity (Wildman–Crippen MR) is 83.9 cm³/mol. The van der Waals surface area contributed by atoms with Crippen LogP contribution in [0.25, 0.3) is 0 Å². The van der Waals surface area contributed by atoms with Crippen LogP contribution in [0.1, 0.15) is 25.3 Å². The molecule has 0 saturated carbocycles. The van der Waals surface area contributed by atoms with Gasteiger partial charge in [-0.05, 0) is 24.1 Å². The molecule has 134 valence electrons. The van der Waals surface area contributed by atoms with Crippen molar-refractivity contribution in [2.45, 2.75) is 39.0 Å². The molecule has 8 heteroatoms. The highest BCUT2D eigenvalue weighted by molar-refractivity contribution is 5.79. The summed E-state index contributed by atoms with van der Waals surface area (Å²) < 4.78 is 28.4. The molecule has 0 aliphatic heterocycles. The van der Waals surface area contributed by atoms with Gasteiger partial charge in [-0.3, -0.25) is 14.9 Å². The summed E-state index contributed by atoms with van der Waals surface area (Å²) >= 11 is 0. The summed E-state index contributed by atoms with van der Waals surface area (Å²) in [6.07, 6.45) is 1.14. The van der Waals surface area contributed by atoms with E-state index < -0.39 is 18.6 Å². The summed E-state index contributed by atoms with van der Waals surface area (Å²) in [5.74, 6) is -1.19. The van der Waals surface area contributed by atoms with Gasteiger partial charge in [-0.2, -0.15) is 8.78 Å². The smallest absolute Gasteiger partial charge is 0.387 e. The molecule has 24 heavy (non-hydrogen) atoms. The third-order valence-electron chi connectivity index (χ3n) is 3.37. The van der Waals surface area contributed by atoms with E-state index in [2.05, 4.69) is 10.1 Å². The first-order chi connectivity index (χ1) is 11.3. The van der Waals surface area contributed by atoms with Gasteiger partial charge in [0.2, 0.25) is 5.91 Å². The first kappa shape index (κ1) is 19.8. The van der Waals surface area contributed by atoms with Crippen LogP contribution < -0.4 is 10.1 Å². The molecule has 0 aliphatic rings. The summed E-state index contributed by atoms with van der Waals surface area (Å²) in [4.78, 5) is 24.5. The van der Waals surface area contributed by atoms with E-state index >= 15 is 0 Å². The van der Waals surface area contributed by atoms with E-state index in [-0.39, 0.29) is 24.7 Å². The van der Waals surface area contributed by atoms with E-state index in [9.17, 15) is 18.4 Å². The van der Waals surface area contributed by atoms with Crippen molar-refractivity contribution >= 4 is 11.9 Å². The maximum absolute atomic E-state index is 12.1. The molecule has 1 atom stereocenters. The van der Waals surface area contributed by atoms with Crippen LogP contribution in [0.3, 0.4) is 0 Å². The largest absolute Gasteiger partial charge is 0.480 e. The SMILES string of the molecule is CCCC(NCC(=O)N(C)Cc1ccc(OC(F)F)cc1)C(=O)O. The number of aliphatic carboxylic acids is 1. The molecule has 0 heterocycles. The normalized spacial score (nSPS) is 12.0. The number of nitrogens with one attached hydrogen (secondary N) is 1. The summed E-state index contributed by atoms with van der Waals surface area (Å²) in [7, 11) is 1.59. The van der Waals surface area contributed by atoms with Crippen LogP contribution in [-0.2, 0) is 16.1 Å². The molecule has 0 spiro atoms. The molecule has 0 aromatic heterocycles. The molecule has 0 radical (unpaired) electrons. The van der Waals surface area contributed by atoms with Crippen LogP contribution in [-0.4, -0.2) is 48.1 Å².